The van der Waals surface area contributed by atoms with Crippen molar-refractivity contribution in [1.82, 2.24) is 20.2 Å². The summed E-state index contributed by atoms with van der Waals surface area (Å²) in [6.45, 7) is 4.80. The first-order chi connectivity index (χ1) is 16.0. The SMILES string of the molecule is C=CCn1c(CNc2ccccc2)nnc1SCC(=O)N/N=C/c1cc(Br)cc(OC)c1O. The number of carbonyl (C=O) groups excluding carboxylic acids is 1. The minimum Gasteiger partial charge on any atom is -0.504 e. The number of hydrogen-bond acceptors (Lipinski definition) is 8. The molecule has 172 valence electrons. The average molecular weight is 531 g/mol. The normalized spacial score (nSPS) is 10.8. The number of methoxy groups -OCH3 is 1. The largest absolute Gasteiger partial charge is 0.504 e. The third-order valence-corrected chi connectivity index (χ3v) is 5.77. The summed E-state index contributed by atoms with van der Waals surface area (Å²) in [5.74, 6) is 0.731. The van der Waals surface area contributed by atoms with Crippen LogP contribution in [0.5, 0.6) is 11.5 Å². The van der Waals surface area contributed by atoms with E-state index in [9.17, 15) is 9.90 Å². The molecule has 0 aliphatic carbocycles. The molecule has 11 heteroatoms. The molecule has 2 aromatic carbocycles. The first-order valence-corrected chi connectivity index (χ1v) is 11.6. The number of allylic oxidation sites excluding steroid dienone is 1. The first-order valence-electron chi connectivity index (χ1n) is 9.85. The second-order valence-corrected chi connectivity index (χ2v) is 8.50. The lowest BCUT2D eigenvalue weighted by Gasteiger charge is -2.09. The molecule has 0 spiro atoms. The second-order valence-electron chi connectivity index (χ2n) is 6.65. The van der Waals surface area contributed by atoms with Crippen LogP contribution in [0.1, 0.15) is 11.4 Å². The zero-order chi connectivity index (χ0) is 23.6. The van der Waals surface area contributed by atoms with Crippen LogP contribution >= 0.6 is 27.7 Å². The van der Waals surface area contributed by atoms with Crippen LogP contribution in [0.2, 0.25) is 0 Å². The molecule has 0 fully saturated rings. The molecule has 0 saturated carbocycles. The predicted molar refractivity (Wildman–Crippen MR) is 133 cm³/mol. The molecule has 9 nitrogen and oxygen atoms in total. The summed E-state index contributed by atoms with van der Waals surface area (Å²) < 4.78 is 7.70. The van der Waals surface area contributed by atoms with Crippen LogP contribution in [-0.4, -0.2) is 44.9 Å². The van der Waals surface area contributed by atoms with E-state index in [2.05, 4.69) is 48.6 Å². The highest BCUT2D eigenvalue weighted by Gasteiger charge is 2.13. The summed E-state index contributed by atoms with van der Waals surface area (Å²) >= 11 is 4.58. The fraction of sp³-hybridized carbons (Fsp3) is 0.182. The Kier molecular flexibility index (Phi) is 8.90. The zero-order valence-corrected chi connectivity index (χ0v) is 20.3. The monoisotopic (exact) mass is 530 g/mol. The number of carbonyl (C=O) groups is 1. The van der Waals surface area contributed by atoms with Gasteiger partial charge in [-0.15, -0.1) is 16.8 Å². The van der Waals surface area contributed by atoms with Crippen molar-refractivity contribution in [3.63, 3.8) is 0 Å². The van der Waals surface area contributed by atoms with Crippen molar-refractivity contribution in [2.45, 2.75) is 18.2 Å². The number of hydrazone groups is 1. The molecule has 0 aliphatic heterocycles. The Morgan fingerprint density at radius 2 is 2.12 bits per heavy atom. The molecular formula is C22H23BrN6O3S. The molecule has 0 aliphatic rings. The number of halogens is 1. The van der Waals surface area contributed by atoms with E-state index < -0.39 is 0 Å². The van der Waals surface area contributed by atoms with E-state index in [4.69, 9.17) is 4.74 Å². The van der Waals surface area contributed by atoms with E-state index in [1.807, 2.05) is 34.9 Å². The van der Waals surface area contributed by atoms with Gasteiger partial charge in [-0.1, -0.05) is 52.0 Å². The fourth-order valence-electron chi connectivity index (χ4n) is 2.79. The van der Waals surface area contributed by atoms with Gasteiger partial charge in [-0.3, -0.25) is 4.79 Å². The van der Waals surface area contributed by atoms with Crippen molar-refractivity contribution in [1.29, 1.82) is 0 Å². The van der Waals surface area contributed by atoms with E-state index in [-0.39, 0.29) is 17.4 Å². The molecule has 0 unspecified atom stereocenters. The number of rotatable bonds is 11. The molecule has 33 heavy (non-hydrogen) atoms. The molecule has 1 amide bonds. The Morgan fingerprint density at radius 3 is 2.85 bits per heavy atom. The van der Waals surface area contributed by atoms with E-state index in [0.29, 0.717) is 34.0 Å². The quantitative estimate of drug-likeness (QED) is 0.149. The third-order valence-electron chi connectivity index (χ3n) is 4.34. The highest BCUT2D eigenvalue weighted by atomic mass is 79.9. The number of benzene rings is 2. The van der Waals surface area contributed by atoms with Gasteiger partial charge in [-0.2, -0.15) is 5.10 Å². The second kappa shape index (κ2) is 12.1. The smallest absolute Gasteiger partial charge is 0.250 e. The highest BCUT2D eigenvalue weighted by molar-refractivity contribution is 9.10. The number of amides is 1. The van der Waals surface area contributed by atoms with Crippen LogP contribution in [0.15, 0.2) is 69.9 Å². The van der Waals surface area contributed by atoms with Gasteiger partial charge < -0.3 is 19.7 Å². The Labute approximate surface area is 204 Å². The van der Waals surface area contributed by atoms with Crippen LogP contribution in [0.3, 0.4) is 0 Å². The van der Waals surface area contributed by atoms with Crippen LogP contribution in [0, 0.1) is 0 Å². The zero-order valence-electron chi connectivity index (χ0n) is 17.9. The lowest BCUT2D eigenvalue weighted by Crippen LogP contribution is -2.20. The van der Waals surface area contributed by atoms with Gasteiger partial charge in [0.2, 0.25) is 0 Å². The standard InChI is InChI=1S/C22H23BrN6O3S/c1-3-9-29-19(13-24-17-7-5-4-6-8-17)26-28-22(29)33-14-20(30)27-25-12-15-10-16(23)11-18(32-2)21(15)31/h3-8,10-12,24,31H,1,9,13-14H2,2H3,(H,27,30)/b25-12+. The molecule has 3 rings (SSSR count). The Balaban J connectivity index is 1.57. The number of nitrogens with zero attached hydrogens (tertiary/aromatic N) is 4. The predicted octanol–water partition coefficient (Wildman–Crippen LogP) is 3.80. The Morgan fingerprint density at radius 1 is 1.33 bits per heavy atom. The van der Waals surface area contributed by atoms with Gasteiger partial charge in [-0.05, 0) is 24.3 Å². The van der Waals surface area contributed by atoms with Crippen LogP contribution in [0.4, 0.5) is 5.69 Å². The van der Waals surface area contributed by atoms with Gasteiger partial charge in [-0.25, -0.2) is 5.43 Å². The fourth-order valence-corrected chi connectivity index (χ4v) is 4.00. The van der Waals surface area contributed by atoms with Gasteiger partial charge in [0.25, 0.3) is 5.91 Å². The van der Waals surface area contributed by atoms with Crippen molar-refractivity contribution >= 4 is 45.5 Å². The summed E-state index contributed by atoms with van der Waals surface area (Å²) in [5, 5.41) is 26.4. The number of aromatic nitrogens is 3. The van der Waals surface area contributed by atoms with Crippen molar-refractivity contribution in [3.8, 4) is 11.5 Å². The molecule has 3 N–H and O–H groups in total. The highest BCUT2D eigenvalue weighted by Crippen LogP contribution is 2.32. The summed E-state index contributed by atoms with van der Waals surface area (Å²) in [5.41, 5.74) is 3.82. The van der Waals surface area contributed by atoms with Crippen molar-refractivity contribution < 1.29 is 14.6 Å². The first kappa shape index (κ1) is 24.3. The van der Waals surface area contributed by atoms with Crippen LogP contribution < -0.4 is 15.5 Å². The van der Waals surface area contributed by atoms with Crippen LogP contribution in [-0.2, 0) is 17.9 Å². The van der Waals surface area contributed by atoms with E-state index in [1.165, 1.54) is 25.1 Å². The summed E-state index contributed by atoms with van der Waals surface area (Å²) in [4.78, 5) is 12.2. The molecule has 0 radical (unpaired) electrons. The topological polar surface area (TPSA) is 114 Å². The maximum Gasteiger partial charge on any atom is 0.250 e. The molecule has 0 bridgehead atoms. The molecule has 1 heterocycles. The molecular weight excluding hydrogens is 508 g/mol. The Bertz CT molecular complexity index is 1140. The number of anilines is 1. The number of para-hydroxylation sites is 1. The van der Waals surface area contributed by atoms with Gasteiger partial charge in [0.15, 0.2) is 22.5 Å². The number of ether oxygens (including phenoxy) is 1. The lowest BCUT2D eigenvalue weighted by molar-refractivity contribution is -0.118. The van der Waals surface area contributed by atoms with E-state index in [0.717, 1.165) is 11.5 Å². The summed E-state index contributed by atoms with van der Waals surface area (Å²) in [6, 6.07) is 13.1. The molecule has 3 aromatic rings. The van der Waals surface area contributed by atoms with Gasteiger partial charge >= 0.3 is 0 Å². The lowest BCUT2D eigenvalue weighted by atomic mass is 10.2. The maximum atomic E-state index is 12.2. The number of thioether (sulfide) groups is 1. The number of phenolic OH excluding ortho intramolecular Hbond substituents is 1. The number of hydrogen-bond donors (Lipinski definition) is 3. The number of aromatic hydroxyl groups is 1. The van der Waals surface area contributed by atoms with Gasteiger partial charge in [0.1, 0.15) is 0 Å². The van der Waals surface area contributed by atoms with Gasteiger partial charge in [0, 0.05) is 22.3 Å². The number of phenols is 1. The minimum atomic E-state index is -0.324. The third kappa shape index (κ3) is 6.83. The van der Waals surface area contributed by atoms with Gasteiger partial charge in [0.05, 0.1) is 25.6 Å². The molecule has 0 atom stereocenters. The summed E-state index contributed by atoms with van der Waals surface area (Å²) in [7, 11) is 1.45. The van der Waals surface area contributed by atoms with E-state index in [1.54, 1.807) is 18.2 Å². The Hall–Kier alpha value is -3.31. The molecule has 0 saturated heterocycles. The summed E-state index contributed by atoms with van der Waals surface area (Å²) in [6.07, 6.45) is 3.10. The van der Waals surface area contributed by atoms with Crippen molar-refractivity contribution in [2.24, 2.45) is 5.10 Å². The average Bonchev–Trinajstić information content (AvgIpc) is 3.20. The maximum absolute atomic E-state index is 12.2. The number of nitrogens with one attached hydrogen (secondary N) is 2. The van der Waals surface area contributed by atoms with Crippen molar-refractivity contribution in [2.75, 3.05) is 18.2 Å². The van der Waals surface area contributed by atoms with Crippen molar-refractivity contribution in [3.05, 3.63) is 71.0 Å². The molecule has 1 aromatic heterocycles. The van der Waals surface area contributed by atoms with E-state index >= 15 is 0 Å². The van der Waals surface area contributed by atoms with Crippen LogP contribution in [0.25, 0.3) is 0 Å². The minimum absolute atomic E-state index is 0.0674.